The average Bonchev–Trinajstić information content (AvgIpc) is 2.15. The standard InChI is InChI=1S/C11H15N2OP/c1-15(2,14)11-8-4-3-7-13-10(8)6-5-9(11)12/h3-7,14-15H,12H2,1-2H3. The van der Waals surface area contributed by atoms with Crippen LogP contribution >= 0.6 is 7.49 Å². The molecule has 0 amide bonds. The monoisotopic (exact) mass is 222 g/mol. The first kappa shape index (κ1) is 10.3. The Morgan fingerprint density at radius 3 is 2.67 bits per heavy atom. The van der Waals surface area contributed by atoms with Crippen LogP contribution in [-0.2, 0) is 0 Å². The summed E-state index contributed by atoms with van der Waals surface area (Å²) in [5.41, 5.74) is 7.47. The van der Waals surface area contributed by atoms with Gasteiger partial charge in [0.05, 0.1) is 0 Å². The molecule has 3 N–H and O–H groups in total. The Labute approximate surface area is 89.4 Å². The van der Waals surface area contributed by atoms with Crippen molar-refractivity contribution in [2.45, 2.75) is 0 Å². The summed E-state index contributed by atoms with van der Waals surface area (Å²) in [5, 5.41) is 1.85. The second-order valence-corrected chi connectivity index (χ2v) is 7.78. The van der Waals surface area contributed by atoms with Gasteiger partial charge in [-0.2, -0.15) is 0 Å². The van der Waals surface area contributed by atoms with Gasteiger partial charge in [0.1, 0.15) is 0 Å². The van der Waals surface area contributed by atoms with E-state index in [0.717, 1.165) is 16.2 Å². The topological polar surface area (TPSA) is 59.1 Å². The molecule has 0 radical (unpaired) electrons. The van der Waals surface area contributed by atoms with E-state index in [1.807, 2.05) is 37.6 Å². The number of hydrogen-bond donors (Lipinski definition) is 2. The average molecular weight is 222 g/mol. The number of rotatable bonds is 1. The first-order valence-electron chi connectivity index (χ1n) is 4.86. The van der Waals surface area contributed by atoms with Crippen molar-refractivity contribution in [3.63, 3.8) is 0 Å². The molecule has 15 heavy (non-hydrogen) atoms. The molecule has 2 aromatic rings. The molecule has 2 rings (SSSR count). The van der Waals surface area contributed by atoms with E-state index in [9.17, 15) is 4.89 Å². The molecule has 0 spiro atoms. The molecule has 0 saturated heterocycles. The second-order valence-electron chi connectivity index (χ2n) is 4.16. The van der Waals surface area contributed by atoms with Gasteiger partial charge in [0.2, 0.25) is 0 Å². The maximum absolute atomic E-state index is 10.2. The normalized spacial score (nSPS) is 13.0. The van der Waals surface area contributed by atoms with Gasteiger partial charge < -0.3 is 0 Å². The minimum absolute atomic E-state index is 0.662. The molecule has 1 aromatic heterocycles. The molecule has 0 aliphatic heterocycles. The van der Waals surface area contributed by atoms with Crippen LogP contribution in [0.2, 0.25) is 0 Å². The van der Waals surface area contributed by atoms with Crippen molar-refractivity contribution in [3.05, 3.63) is 30.5 Å². The third-order valence-electron chi connectivity index (χ3n) is 2.43. The fourth-order valence-corrected chi connectivity index (χ4v) is 3.51. The van der Waals surface area contributed by atoms with E-state index in [4.69, 9.17) is 5.73 Å². The van der Waals surface area contributed by atoms with Crippen molar-refractivity contribution < 1.29 is 4.89 Å². The van der Waals surface area contributed by atoms with Crippen LogP contribution in [0.1, 0.15) is 0 Å². The number of nitrogens with zero attached hydrogens (tertiary/aromatic N) is 1. The Kier molecular flexibility index (Phi) is 2.37. The zero-order valence-electron chi connectivity index (χ0n) is 8.86. The van der Waals surface area contributed by atoms with Crippen molar-refractivity contribution in [2.75, 3.05) is 19.1 Å². The van der Waals surface area contributed by atoms with Crippen molar-refractivity contribution >= 4 is 29.4 Å². The SMILES string of the molecule is C[PH](C)(O)c1c(N)ccc2ncccc12. The van der Waals surface area contributed by atoms with Crippen LogP contribution in [0.4, 0.5) is 5.69 Å². The Hall–Kier alpha value is -1.18. The van der Waals surface area contributed by atoms with Gasteiger partial charge in [0, 0.05) is 0 Å². The number of aromatic nitrogens is 1. The van der Waals surface area contributed by atoms with E-state index < -0.39 is 7.49 Å². The predicted molar refractivity (Wildman–Crippen MR) is 68.2 cm³/mol. The van der Waals surface area contributed by atoms with Crippen LogP contribution in [0, 0.1) is 0 Å². The summed E-state index contributed by atoms with van der Waals surface area (Å²) in [6.07, 6.45) is 1.74. The molecule has 0 saturated carbocycles. The Morgan fingerprint density at radius 2 is 2.00 bits per heavy atom. The van der Waals surface area contributed by atoms with E-state index in [1.165, 1.54) is 0 Å². The summed E-state index contributed by atoms with van der Waals surface area (Å²) < 4.78 is 0. The van der Waals surface area contributed by atoms with Crippen LogP contribution in [0.3, 0.4) is 0 Å². The molecule has 0 fully saturated rings. The predicted octanol–water partition coefficient (Wildman–Crippen LogP) is 1.36. The first-order chi connectivity index (χ1) is 7.00. The summed E-state index contributed by atoms with van der Waals surface area (Å²) in [7, 11) is -2.41. The molecule has 80 valence electrons. The van der Waals surface area contributed by atoms with Gasteiger partial charge in [-0.05, 0) is 0 Å². The zero-order valence-corrected chi connectivity index (χ0v) is 9.86. The minimum atomic E-state index is -2.41. The fourth-order valence-electron chi connectivity index (χ4n) is 1.85. The van der Waals surface area contributed by atoms with Gasteiger partial charge >= 0.3 is 88.8 Å². The molecule has 1 aromatic carbocycles. The van der Waals surface area contributed by atoms with Crippen molar-refractivity contribution in [3.8, 4) is 0 Å². The molecule has 0 aliphatic carbocycles. The molecular weight excluding hydrogens is 207 g/mol. The Bertz CT molecular complexity index is 505. The molecule has 0 bridgehead atoms. The van der Waals surface area contributed by atoms with Gasteiger partial charge in [-0.25, -0.2) is 0 Å². The third-order valence-corrected chi connectivity index (χ3v) is 4.21. The van der Waals surface area contributed by atoms with E-state index in [-0.39, 0.29) is 0 Å². The van der Waals surface area contributed by atoms with Gasteiger partial charge in [-0.1, -0.05) is 0 Å². The summed E-state index contributed by atoms with van der Waals surface area (Å²) in [4.78, 5) is 14.5. The molecule has 0 unspecified atom stereocenters. The molecule has 0 atom stereocenters. The van der Waals surface area contributed by atoms with Crippen LogP contribution in [0.15, 0.2) is 30.5 Å². The van der Waals surface area contributed by atoms with Crippen LogP contribution < -0.4 is 11.0 Å². The fraction of sp³-hybridized carbons (Fsp3) is 0.182. The molecule has 3 nitrogen and oxygen atoms in total. The van der Waals surface area contributed by atoms with Crippen LogP contribution in [-0.4, -0.2) is 23.2 Å². The molecule has 4 heteroatoms. The van der Waals surface area contributed by atoms with E-state index in [0.29, 0.717) is 5.69 Å². The van der Waals surface area contributed by atoms with Gasteiger partial charge in [-0.15, -0.1) is 0 Å². The maximum atomic E-state index is 10.2. The second kappa shape index (κ2) is 3.44. The number of fused-ring (bicyclic) bond motifs is 1. The Balaban J connectivity index is 2.86. The van der Waals surface area contributed by atoms with Crippen molar-refractivity contribution in [1.82, 2.24) is 4.98 Å². The number of anilines is 1. The summed E-state index contributed by atoms with van der Waals surface area (Å²) in [6.45, 7) is 3.73. The zero-order chi connectivity index (χ0) is 11.1. The summed E-state index contributed by atoms with van der Waals surface area (Å²) >= 11 is 0. The van der Waals surface area contributed by atoms with E-state index in [2.05, 4.69) is 4.98 Å². The van der Waals surface area contributed by atoms with Gasteiger partial charge in [-0.3, -0.25) is 0 Å². The molecule has 1 heterocycles. The molecule has 0 aliphatic rings. The van der Waals surface area contributed by atoms with E-state index in [1.54, 1.807) is 6.20 Å². The number of benzene rings is 1. The Morgan fingerprint density at radius 1 is 1.27 bits per heavy atom. The summed E-state index contributed by atoms with van der Waals surface area (Å²) in [5.74, 6) is 0. The van der Waals surface area contributed by atoms with Crippen LogP contribution in [0.5, 0.6) is 0 Å². The quantitative estimate of drug-likeness (QED) is 0.565. The van der Waals surface area contributed by atoms with Crippen LogP contribution in [0.25, 0.3) is 10.9 Å². The third kappa shape index (κ3) is 1.81. The van der Waals surface area contributed by atoms with E-state index >= 15 is 0 Å². The number of nitrogen functional groups attached to an aromatic ring is 1. The number of pyridine rings is 1. The summed E-state index contributed by atoms with van der Waals surface area (Å²) in [6, 6.07) is 7.52. The van der Waals surface area contributed by atoms with Crippen molar-refractivity contribution in [1.29, 1.82) is 0 Å². The number of nitrogens with two attached hydrogens (primary N) is 1. The first-order valence-corrected chi connectivity index (χ1v) is 7.81. The number of hydrogen-bond acceptors (Lipinski definition) is 3. The van der Waals surface area contributed by atoms with Gasteiger partial charge in [0.25, 0.3) is 0 Å². The molecular formula is C11H15N2OP. The van der Waals surface area contributed by atoms with Crippen molar-refractivity contribution in [2.24, 2.45) is 0 Å². The van der Waals surface area contributed by atoms with Gasteiger partial charge in [0.15, 0.2) is 0 Å².